The first-order chi connectivity index (χ1) is 15.6. The van der Waals surface area contributed by atoms with E-state index in [9.17, 15) is 14.4 Å². The van der Waals surface area contributed by atoms with Gasteiger partial charge in [-0.15, -0.1) is 0 Å². The first-order valence-electron chi connectivity index (χ1n) is 10.4. The number of benzene rings is 2. The second-order valence-electron chi connectivity index (χ2n) is 8.77. The smallest absolute Gasteiger partial charge is 0.248 e. The van der Waals surface area contributed by atoms with Gasteiger partial charge in [0.1, 0.15) is 10.5 Å². The van der Waals surface area contributed by atoms with Crippen LogP contribution in [0.2, 0.25) is 5.02 Å². The van der Waals surface area contributed by atoms with Gasteiger partial charge in [-0.05, 0) is 53.8 Å². The van der Waals surface area contributed by atoms with E-state index in [0.29, 0.717) is 22.1 Å². The van der Waals surface area contributed by atoms with Gasteiger partial charge < -0.3 is 10.6 Å². The number of hydrogen-bond acceptors (Lipinski definition) is 3. The summed E-state index contributed by atoms with van der Waals surface area (Å²) < 4.78 is 0.0963. The van der Waals surface area contributed by atoms with Crippen LogP contribution in [0.15, 0.2) is 59.1 Å². The van der Waals surface area contributed by atoms with Gasteiger partial charge in [0.2, 0.25) is 17.7 Å². The van der Waals surface area contributed by atoms with Crippen molar-refractivity contribution in [3.05, 3.63) is 64.1 Å². The quantitative estimate of drug-likeness (QED) is 0.553. The summed E-state index contributed by atoms with van der Waals surface area (Å²) in [6.45, 7) is 3.90. The van der Waals surface area contributed by atoms with Gasteiger partial charge >= 0.3 is 0 Å². The monoisotopic (exact) mass is 505 g/mol. The Morgan fingerprint density at radius 2 is 1.79 bits per heavy atom. The Labute approximate surface area is 206 Å². The molecule has 9 heteroatoms. The van der Waals surface area contributed by atoms with Crippen LogP contribution in [-0.4, -0.2) is 23.8 Å². The van der Waals surface area contributed by atoms with E-state index >= 15 is 0 Å². The maximum atomic E-state index is 13.7. The van der Waals surface area contributed by atoms with E-state index in [1.165, 1.54) is 4.90 Å². The van der Waals surface area contributed by atoms with Gasteiger partial charge in [-0.25, -0.2) is 0 Å². The van der Waals surface area contributed by atoms with Crippen LogP contribution >= 0.6 is 34.8 Å². The number of nitrogens with one attached hydrogen (secondary N) is 2. The van der Waals surface area contributed by atoms with Crippen LogP contribution in [-0.2, 0) is 14.4 Å². The molecule has 2 aromatic carbocycles. The molecule has 0 aromatic heterocycles. The lowest BCUT2D eigenvalue weighted by Gasteiger charge is -2.36. The summed E-state index contributed by atoms with van der Waals surface area (Å²) in [7, 11) is 0. The number of amides is 3. The molecule has 6 nitrogen and oxygen atoms in total. The largest absolute Gasteiger partial charge is 0.326 e. The highest BCUT2D eigenvalue weighted by atomic mass is 35.5. The molecule has 1 aliphatic heterocycles. The molecular formula is C24H22Cl3N3O3. The molecule has 172 valence electrons. The summed E-state index contributed by atoms with van der Waals surface area (Å²) in [5.41, 5.74) is 1.23. The molecule has 2 N–H and O–H groups in total. The first kappa shape index (κ1) is 23.6. The van der Waals surface area contributed by atoms with Crippen molar-refractivity contribution in [2.75, 3.05) is 15.5 Å². The van der Waals surface area contributed by atoms with E-state index in [0.717, 1.165) is 0 Å². The van der Waals surface area contributed by atoms with Crippen LogP contribution in [0.1, 0.15) is 20.3 Å². The number of hydrogen-bond donors (Lipinski definition) is 2. The number of allylic oxidation sites excluding steroid dienone is 1. The van der Waals surface area contributed by atoms with E-state index in [4.69, 9.17) is 34.8 Å². The number of para-hydroxylation sites is 2. The number of carbonyl (C=O) groups is 3. The van der Waals surface area contributed by atoms with E-state index in [-0.39, 0.29) is 28.2 Å². The molecule has 1 aliphatic carbocycles. The summed E-state index contributed by atoms with van der Waals surface area (Å²) in [4.78, 5) is 41.0. The molecule has 2 aromatic rings. The number of rotatable bonds is 5. The molecule has 3 atom stereocenters. The number of fused-ring (bicyclic) bond motifs is 1. The molecule has 2 aliphatic rings. The molecule has 0 bridgehead atoms. The summed E-state index contributed by atoms with van der Waals surface area (Å²) in [5.74, 6) is -1.66. The molecule has 0 unspecified atom stereocenters. The number of carbonyl (C=O) groups excluding carboxylic acids is 3. The predicted octanol–water partition coefficient (Wildman–Crippen LogP) is 5.61. The molecule has 4 rings (SSSR count). The second kappa shape index (κ2) is 9.01. The number of nitrogens with zero attached hydrogens (tertiary/aromatic N) is 1. The summed E-state index contributed by atoms with van der Waals surface area (Å²) in [6, 6.07) is 12.7. The standard InChI is InChI=1S/C24H22Cl3N3O3/c1-24(2)15(11-19(26)27)21(24)23(33)30-17-6-4-3-5-16(17)29-22(32)18(30)12-20(31)28-14-9-7-13(25)8-10-14/h3-11,15,18,21H,12H2,1-2H3,(H,28,31)(H,29,32)/t15-,18-,21+/m1/s1. The minimum atomic E-state index is -1.01. The summed E-state index contributed by atoms with van der Waals surface area (Å²) >= 11 is 17.6. The van der Waals surface area contributed by atoms with Crippen LogP contribution in [0.3, 0.4) is 0 Å². The molecule has 33 heavy (non-hydrogen) atoms. The maximum absolute atomic E-state index is 13.7. The van der Waals surface area contributed by atoms with Crippen molar-refractivity contribution in [1.82, 2.24) is 0 Å². The number of anilines is 3. The third kappa shape index (κ3) is 4.74. The van der Waals surface area contributed by atoms with Gasteiger partial charge in [0.05, 0.1) is 23.7 Å². The van der Waals surface area contributed by atoms with Gasteiger partial charge in [0.15, 0.2) is 0 Å². The summed E-state index contributed by atoms with van der Waals surface area (Å²) in [5, 5.41) is 6.11. The fourth-order valence-electron chi connectivity index (χ4n) is 4.41. The van der Waals surface area contributed by atoms with Crippen LogP contribution in [0.4, 0.5) is 17.1 Å². The van der Waals surface area contributed by atoms with Crippen LogP contribution in [0, 0.1) is 17.3 Å². The highest BCUT2D eigenvalue weighted by molar-refractivity contribution is 6.55. The van der Waals surface area contributed by atoms with Crippen molar-refractivity contribution in [3.63, 3.8) is 0 Å². The van der Waals surface area contributed by atoms with Crippen molar-refractivity contribution < 1.29 is 14.4 Å². The fraction of sp³-hybridized carbons (Fsp3) is 0.292. The molecule has 1 fully saturated rings. The zero-order chi connectivity index (χ0) is 23.9. The average Bonchev–Trinajstić information content (AvgIpc) is 3.28. The molecular weight excluding hydrogens is 485 g/mol. The Morgan fingerprint density at radius 1 is 1.12 bits per heavy atom. The number of halogens is 3. The Kier molecular flexibility index (Phi) is 6.45. The minimum absolute atomic E-state index is 0.0963. The molecule has 1 saturated carbocycles. The lowest BCUT2D eigenvalue weighted by molar-refractivity contribution is -0.127. The Bertz CT molecular complexity index is 1140. The fourth-order valence-corrected chi connectivity index (χ4v) is 4.81. The van der Waals surface area contributed by atoms with Gasteiger partial charge in [0, 0.05) is 10.7 Å². The topological polar surface area (TPSA) is 78.5 Å². The van der Waals surface area contributed by atoms with E-state index in [1.807, 2.05) is 13.8 Å². The summed E-state index contributed by atoms with van der Waals surface area (Å²) in [6.07, 6.45) is 1.45. The van der Waals surface area contributed by atoms with Crippen molar-refractivity contribution in [2.24, 2.45) is 17.3 Å². The Hall–Kier alpha value is -2.54. The first-order valence-corrected chi connectivity index (χ1v) is 11.5. The third-order valence-corrected chi connectivity index (χ3v) is 6.77. The normalized spacial score (nSPS) is 22.6. The van der Waals surface area contributed by atoms with Gasteiger partial charge in [-0.3, -0.25) is 19.3 Å². The van der Waals surface area contributed by atoms with Gasteiger partial charge in [-0.2, -0.15) is 0 Å². The lowest BCUT2D eigenvalue weighted by Crippen LogP contribution is -2.53. The average molecular weight is 507 g/mol. The molecule has 0 saturated heterocycles. The Balaban J connectivity index is 1.63. The highest BCUT2D eigenvalue weighted by Gasteiger charge is 2.62. The van der Waals surface area contributed by atoms with Crippen LogP contribution in [0.25, 0.3) is 0 Å². The zero-order valence-corrected chi connectivity index (χ0v) is 20.2. The second-order valence-corrected chi connectivity index (χ2v) is 10.2. The molecule has 1 heterocycles. The van der Waals surface area contributed by atoms with Gasteiger partial charge in [0.25, 0.3) is 0 Å². The third-order valence-electron chi connectivity index (χ3n) is 6.26. The van der Waals surface area contributed by atoms with Gasteiger partial charge in [-0.1, -0.05) is 60.8 Å². The SMILES string of the molecule is CC1(C)[C@H](C=C(Cl)Cl)[C@H]1C(=O)N1c2ccccc2NC(=O)[C@H]1CC(=O)Nc1ccc(Cl)cc1. The lowest BCUT2D eigenvalue weighted by atomic mass is 10.0. The van der Waals surface area contributed by atoms with E-state index in [2.05, 4.69) is 10.6 Å². The van der Waals surface area contributed by atoms with E-state index < -0.39 is 23.8 Å². The van der Waals surface area contributed by atoms with Crippen molar-refractivity contribution in [3.8, 4) is 0 Å². The predicted molar refractivity (Wildman–Crippen MR) is 132 cm³/mol. The molecule has 0 radical (unpaired) electrons. The van der Waals surface area contributed by atoms with Crippen LogP contribution in [0.5, 0.6) is 0 Å². The van der Waals surface area contributed by atoms with Crippen molar-refractivity contribution in [1.29, 1.82) is 0 Å². The van der Waals surface area contributed by atoms with Crippen LogP contribution < -0.4 is 15.5 Å². The maximum Gasteiger partial charge on any atom is 0.248 e. The van der Waals surface area contributed by atoms with Crippen molar-refractivity contribution >= 4 is 69.6 Å². The van der Waals surface area contributed by atoms with E-state index in [1.54, 1.807) is 54.6 Å². The highest BCUT2D eigenvalue weighted by Crippen LogP contribution is 2.61. The minimum Gasteiger partial charge on any atom is -0.326 e. The molecule has 0 spiro atoms. The zero-order valence-electron chi connectivity index (χ0n) is 17.9. The Morgan fingerprint density at radius 3 is 2.45 bits per heavy atom. The van der Waals surface area contributed by atoms with Crippen molar-refractivity contribution in [2.45, 2.75) is 26.3 Å². The molecule has 3 amide bonds.